The molecule has 3 rings (SSSR count). The van der Waals surface area contributed by atoms with E-state index in [-0.39, 0.29) is 10.1 Å². The molecule has 2 aliphatic rings. The van der Waals surface area contributed by atoms with Crippen LogP contribution in [0.4, 0.5) is 4.79 Å². The van der Waals surface area contributed by atoms with Crippen molar-refractivity contribution in [3.63, 3.8) is 0 Å². The predicted octanol–water partition coefficient (Wildman–Crippen LogP) is 0.380. The van der Waals surface area contributed by atoms with Crippen LogP contribution in [-0.4, -0.2) is 45.9 Å². The molecule has 1 fully saturated rings. The minimum Gasteiger partial charge on any atom is -0.480 e. The summed E-state index contributed by atoms with van der Waals surface area (Å²) in [6.45, 7) is 2.47. The summed E-state index contributed by atoms with van der Waals surface area (Å²) in [5.41, 5.74) is 5.94. The van der Waals surface area contributed by atoms with Crippen molar-refractivity contribution in [3.05, 3.63) is 28.8 Å². The van der Waals surface area contributed by atoms with Crippen LogP contribution in [0.25, 0.3) is 0 Å². The number of urea groups is 1. The maximum absolute atomic E-state index is 12.5. The second kappa shape index (κ2) is 7.49. The zero-order valence-corrected chi connectivity index (χ0v) is 15.5. The average Bonchev–Trinajstić information content (AvgIpc) is 3.24. The molecule has 142 valence electrons. The van der Waals surface area contributed by atoms with Crippen molar-refractivity contribution in [2.75, 3.05) is 20.3 Å². The number of nitrogens with zero attached hydrogens (tertiary/aromatic N) is 2. The first kappa shape index (κ1) is 18.4. The largest absolute Gasteiger partial charge is 0.480 e. The maximum atomic E-state index is 12.5. The van der Waals surface area contributed by atoms with Gasteiger partial charge in [0.1, 0.15) is 4.21 Å². The van der Waals surface area contributed by atoms with E-state index >= 15 is 0 Å². The fraction of sp³-hybridized carbons (Fsp3) is 0.385. The third kappa shape index (κ3) is 4.07. The van der Waals surface area contributed by atoms with E-state index in [9.17, 15) is 13.2 Å². The SMILES string of the molecule is COC1=NN(NC(=O)NS(=O)(=O)c2sccc2C2OCCO2)NC(C)=C1. The summed E-state index contributed by atoms with van der Waals surface area (Å²) >= 11 is 0.959. The lowest BCUT2D eigenvalue weighted by Gasteiger charge is -2.24. The molecule has 11 nitrogen and oxygen atoms in total. The average molecular weight is 403 g/mol. The number of sulfonamides is 1. The summed E-state index contributed by atoms with van der Waals surface area (Å²) in [5.74, 6) is 0.237. The molecule has 1 aromatic rings. The fourth-order valence-electron chi connectivity index (χ4n) is 2.21. The molecular formula is C13H17N5O6S2. The summed E-state index contributed by atoms with van der Waals surface area (Å²) in [6, 6.07) is 0.585. The van der Waals surface area contributed by atoms with Crippen LogP contribution in [0.15, 0.2) is 32.5 Å². The first-order valence-electron chi connectivity index (χ1n) is 7.41. The molecule has 1 saturated heterocycles. The summed E-state index contributed by atoms with van der Waals surface area (Å²) in [6.07, 6.45) is 0.841. The van der Waals surface area contributed by atoms with E-state index in [1.165, 1.54) is 7.11 Å². The lowest BCUT2D eigenvalue weighted by Crippen LogP contribution is -2.53. The quantitative estimate of drug-likeness (QED) is 0.658. The normalized spacial score (nSPS) is 18.0. The fourth-order valence-corrected chi connectivity index (χ4v) is 4.51. The third-order valence-corrected chi connectivity index (χ3v) is 6.09. The van der Waals surface area contributed by atoms with Gasteiger partial charge >= 0.3 is 6.03 Å². The van der Waals surface area contributed by atoms with Gasteiger partial charge in [0, 0.05) is 17.3 Å². The zero-order chi connectivity index (χ0) is 18.7. The number of methoxy groups -OCH3 is 1. The predicted molar refractivity (Wildman–Crippen MR) is 91.0 cm³/mol. The van der Waals surface area contributed by atoms with Crippen molar-refractivity contribution in [1.82, 2.24) is 20.8 Å². The van der Waals surface area contributed by atoms with E-state index in [2.05, 4.69) is 16.0 Å². The van der Waals surface area contributed by atoms with Crippen LogP contribution in [0.3, 0.4) is 0 Å². The molecule has 3 heterocycles. The highest BCUT2D eigenvalue weighted by molar-refractivity contribution is 7.92. The highest BCUT2D eigenvalue weighted by Crippen LogP contribution is 2.32. The molecule has 1 aromatic heterocycles. The number of hydrazine groups is 2. The third-order valence-electron chi connectivity index (χ3n) is 3.24. The number of carbonyl (C=O) groups excluding carboxylic acids is 1. The van der Waals surface area contributed by atoms with Gasteiger partial charge in [-0.2, -0.15) is 0 Å². The highest BCUT2D eigenvalue weighted by Gasteiger charge is 2.30. The van der Waals surface area contributed by atoms with Crippen LogP contribution in [0, 0.1) is 0 Å². The Balaban J connectivity index is 1.68. The van der Waals surface area contributed by atoms with Crippen molar-refractivity contribution in [2.24, 2.45) is 5.10 Å². The van der Waals surface area contributed by atoms with Gasteiger partial charge in [-0.1, -0.05) is 5.10 Å². The minimum absolute atomic E-state index is 0.0525. The number of amides is 2. The Bertz CT molecular complexity index is 843. The molecule has 13 heteroatoms. The van der Waals surface area contributed by atoms with E-state index in [1.54, 1.807) is 24.4 Å². The second-order valence-corrected chi connectivity index (χ2v) is 7.97. The van der Waals surface area contributed by atoms with E-state index in [4.69, 9.17) is 14.2 Å². The zero-order valence-electron chi connectivity index (χ0n) is 13.9. The van der Waals surface area contributed by atoms with Crippen LogP contribution in [-0.2, 0) is 24.2 Å². The Morgan fingerprint density at radius 1 is 1.46 bits per heavy atom. The molecule has 0 atom stereocenters. The van der Waals surface area contributed by atoms with Gasteiger partial charge in [0.05, 0.1) is 20.3 Å². The van der Waals surface area contributed by atoms with Gasteiger partial charge in [0.25, 0.3) is 10.0 Å². The Kier molecular flexibility index (Phi) is 5.31. The van der Waals surface area contributed by atoms with Crippen molar-refractivity contribution >= 4 is 33.3 Å². The van der Waals surface area contributed by atoms with Gasteiger partial charge in [-0.15, -0.1) is 16.6 Å². The number of hydrazone groups is 1. The van der Waals surface area contributed by atoms with Gasteiger partial charge in [0.15, 0.2) is 6.29 Å². The molecule has 2 amide bonds. The van der Waals surface area contributed by atoms with E-state index in [1.807, 2.05) is 4.72 Å². The first-order chi connectivity index (χ1) is 12.4. The van der Waals surface area contributed by atoms with E-state index in [0.717, 1.165) is 16.6 Å². The lowest BCUT2D eigenvalue weighted by atomic mass is 10.3. The maximum Gasteiger partial charge on any atom is 0.350 e. The number of nitrogens with one attached hydrogen (secondary N) is 3. The standard InChI is InChI=1S/C13H17N5O6S2/c1-8-7-10(22-2)15-18(14-8)16-13(19)17-26(20,21)12-9(3-6-25-12)11-23-4-5-24-11/h3,6-7,11,14H,4-5H2,1-2H3,(H2,16,17,19). The first-order valence-corrected chi connectivity index (χ1v) is 9.77. The monoisotopic (exact) mass is 403 g/mol. The molecule has 3 N–H and O–H groups in total. The number of hydrogen-bond acceptors (Lipinski definition) is 10. The number of carbonyl (C=O) groups is 1. The smallest absolute Gasteiger partial charge is 0.350 e. The van der Waals surface area contributed by atoms with E-state index in [0.29, 0.717) is 24.5 Å². The molecule has 0 saturated carbocycles. The minimum atomic E-state index is -4.12. The summed E-state index contributed by atoms with van der Waals surface area (Å²) in [5, 5.41) is 6.43. The molecule has 0 spiro atoms. The van der Waals surface area contributed by atoms with Gasteiger partial charge in [-0.25, -0.2) is 23.4 Å². The van der Waals surface area contributed by atoms with Crippen molar-refractivity contribution in [2.45, 2.75) is 17.4 Å². The Morgan fingerprint density at radius 2 is 2.19 bits per heavy atom. The van der Waals surface area contributed by atoms with Crippen molar-refractivity contribution < 1.29 is 27.4 Å². The van der Waals surface area contributed by atoms with Gasteiger partial charge < -0.3 is 14.2 Å². The Hall–Kier alpha value is -2.35. The molecule has 0 aromatic carbocycles. The van der Waals surface area contributed by atoms with Gasteiger partial charge in [0.2, 0.25) is 5.90 Å². The molecule has 0 unspecified atom stereocenters. The van der Waals surface area contributed by atoms with Crippen molar-refractivity contribution in [1.29, 1.82) is 0 Å². The van der Waals surface area contributed by atoms with Crippen molar-refractivity contribution in [3.8, 4) is 0 Å². The van der Waals surface area contributed by atoms with Crippen LogP contribution in [0.1, 0.15) is 18.8 Å². The molecule has 2 aliphatic heterocycles. The molecule has 26 heavy (non-hydrogen) atoms. The number of allylic oxidation sites excluding steroid dienone is 1. The number of hydrogen-bond donors (Lipinski definition) is 3. The second-order valence-electron chi connectivity index (χ2n) is 5.18. The van der Waals surface area contributed by atoms with Gasteiger partial charge in [-0.3, -0.25) is 5.43 Å². The number of thiophene rings is 1. The molecule has 0 bridgehead atoms. The molecular weight excluding hydrogens is 386 g/mol. The molecule has 0 radical (unpaired) electrons. The Morgan fingerprint density at radius 3 is 2.88 bits per heavy atom. The molecule has 0 aliphatic carbocycles. The summed E-state index contributed by atoms with van der Waals surface area (Å²) in [7, 11) is -2.70. The van der Waals surface area contributed by atoms with Crippen LogP contribution in [0.2, 0.25) is 0 Å². The van der Waals surface area contributed by atoms with E-state index < -0.39 is 22.3 Å². The number of rotatable bonds is 4. The van der Waals surface area contributed by atoms with Gasteiger partial charge in [-0.05, 0) is 18.4 Å². The van der Waals surface area contributed by atoms with Crippen LogP contribution in [0.5, 0.6) is 0 Å². The Labute approximate surface area is 153 Å². The number of ether oxygens (including phenoxy) is 3. The summed E-state index contributed by atoms with van der Waals surface area (Å²) < 4.78 is 42.6. The topological polar surface area (TPSA) is 131 Å². The van der Waals surface area contributed by atoms with Crippen LogP contribution >= 0.6 is 11.3 Å². The lowest BCUT2D eigenvalue weighted by molar-refractivity contribution is -0.0456. The highest BCUT2D eigenvalue weighted by atomic mass is 32.2. The summed E-state index contributed by atoms with van der Waals surface area (Å²) in [4.78, 5) is 12.1. The van der Waals surface area contributed by atoms with Crippen LogP contribution < -0.4 is 15.6 Å².